The van der Waals surface area contributed by atoms with Crippen LogP contribution in [0.1, 0.15) is 20.8 Å². The fraction of sp³-hybridized carbons (Fsp3) is 0.235. The molecule has 0 heterocycles. The summed E-state index contributed by atoms with van der Waals surface area (Å²) in [7, 11) is 0. The Labute approximate surface area is 137 Å². The van der Waals surface area contributed by atoms with E-state index < -0.39 is 29.1 Å². The minimum atomic E-state index is -1.54. The van der Waals surface area contributed by atoms with Gasteiger partial charge in [0, 0.05) is 11.4 Å². The molecule has 2 N–H and O–H groups in total. The average molecular weight is 338 g/mol. The van der Waals surface area contributed by atoms with Crippen LogP contribution in [0.3, 0.4) is 0 Å². The molecule has 0 aromatic heterocycles. The Hall–Kier alpha value is -2.70. The third kappa shape index (κ3) is 4.65. The van der Waals surface area contributed by atoms with Crippen LogP contribution in [0.4, 0.5) is 35.0 Å². The Morgan fingerprint density at radius 3 is 2.08 bits per heavy atom. The predicted octanol–water partition coefficient (Wildman–Crippen LogP) is 5.19. The van der Waals surface area contributed by atoms with Crippen molar-refractivity contribution < 1.29 is 22.7 Å². The Balaban J connectivity index is 2.05. The molecule has 1 amide bonds. The van der Waals surface area contributed by atoms with E-state index in [0.29, 0.717) is 11.4 Å². The van der Waals surface area contributed by atoms with Crippen LogP contribution < -0.4 is 10.6 Å². The van der Waals surface area contributed by atoms with Gasteiger partial charge in [-0.15, -0.1) is 0 Å². The third-order valence-corrected chi connectivity index (χ3v) is 2.84. The summed E-state index contributed by atoms with van der Waals surface area (Å²) in [6.45, 7) is 5.24. The van der Waals surface area contributed by atoms with Crippen molar-refractivity contribution in [3.63, 3.8) is 0 Å². The lowest BCUT2D eigenvalue weighted by molar-refractivity contribution is 0.0636. The smallest absolute Gasteiger partial charge is 0.412 e. The first-order chi connectivity index (χ1) is 11.2. The number of anilines is 3. The van der Waals surface area contributed by atoms with Crippen molar-refractivity contribution in [3.8, 4) is 0 Å². The number of ether oxygens (including phenoxy) is 1. The summed E-state index contributed by atoms with van der Waals surface area (Å²) in [5.74, 6) is -4.09. The second kappa shape index (κ2) is 6.82. The van der Waals surface area contributed by atoms with Gasteiger partial charge in [-0.3, -0.25) is 5.32 Å². The summed E-state index contributed by atoms with van der Waals surface area (Å²) in [6.07, 6.45) is -0.602. The molecule has 2 aromatic carbocycles. The van der Waals surface area contributed by atoms with Crippen LogP contribution in [0.15, 0.2) is 36.4 Å². The first-order valence-electron chi connectivity index (χ1n) is 7.16. The molecule has 0 aliphatic heterocycles. The highest BCUT2D eigenvalue weighted by Crippen LogP contribution is 2.24. The van der Waals surface area contributed by atoms with Crippen LogP contribution in [-0.4, -0.2) is 11.7 Å². The second-order valence-corrected chi connectivity index (χ2v) is 6.05. The number of halogens is 3. The standard InChI is InChI=1S/C17H17F3N2O2/c1-17(2,3)24-16(23)22-11-6-4-10(5-7-11)21-13-9-8-12(18)14(19)15(13)20/h4-9,21H,1-3H3,(H,22,23). The van der Waals surface area contributed by atoms with E-state index in [1.165, 1.54) is 0 Å². The van der Waals surface area contributed by atoms with Crippen molar-refractivity contribution in [2.75, 3.05) is 10.6 Å². The highest BCUT2D eigenvalue weighted by molar-refractivity contribution is 5.85. The molecule has 0 atom stereocenters. The molecule has 24 heavy (non-hydrogen) atoms. The Morgan fingerprint density at radius 1 is 0.917 bits per heavy atom. The fourth-order valence-corrected chi connectivity index (χ4v) is 1.84. The number of carbonyl (C=O) groups is 1. The highest BCUT2D eigenvalue weighted by Gasteiger charge is 2.16. The van der Waals surface area contributed by atoms with E-state index >= 15 is 0 Å². The van der Waals surface area contributed by atoms with Gasteiger partial charge in [0.2, 0.25) is 0 Å². The van der Waals surface area contributed by atoms with Gasteiger partial charge in [-0.25, -0.2) is 18.0 Å². The van der Waals surface area contributed by atoms with E-state index in [2.05, 4.69) is 10.6 Å². The van der Waals surface area contributed by atoms with Gasteiger partial charge in [-0.1, -0.05) is 0 Å². The molecule has 0 spiro atoms. The maximum atomic E-state index is 13.6. The van der Waals surface area contributed by atoms with Gasteiger partial charge in [0.25, 0.3) is 0 Å². The molecule has 2 rings (SSSR count). The normalized spacial score (nSPS) is 11.1. The van der Waals surface area contributed by atoms with Crippen LogP contribution in [-0.2, 0) is 4.74 Å². The molecule has 0 saturated carbocycles. The SMILES string of the molecule is CC(C)(C)OC(=O)Nc1ccc(Nc2ccc(F)c(F)c2F)cc1. The highest BCUT2D eigenvalue weighted by atomic mass is 19.2. The third-order valence-electron chi connectivity index (χ3n) is 2.84. The predicted molar refractivity (Wildman–Crippen MR) is 85.9 cm³/mol. The largest absolute Gasteiger partial charge is 0.444 e. The van der Waals surface area contributed by atoms with Crippen LogP contribution in [0.5, 0.6) is 0 Å². The molecule has 128 valence electrons. The lowest BCUT2D eigenvalue weighted by atomic mass is 10.2. The van der Waals surface area contributed by atoms with Crippen LogP contribution in [0.2, 0.25) is 0 Å². The van der Waals surface area contributed by atoms with Gasteiger partial charge < -0.3 is 10.1 Å². The van der Waals surface area contributed by atoms with E-state index in [1.54, 1.807) is 45.0 Å². The van der Waals surface area contributed by atoms with Gasteiger partial charge in [0.15, 0.2) is 17.5 Å². The molecule has 0 aliphatic carbocycles. The average Bonchev–Trinajstić information content (AvgIpc) is 2.48. The van der Waals surface area contributed by atoms with Crippen molar-refractivity contribution in [2.45, 2.75) is 26.4 Å². The van der Waals surface area contributed by atoms with Crippen LogP contribution >= 0.6 is 0 Å². The number of amides is 1. The molecule has 0 fully saturated rings. The summed E-state index contributed by atoms with van der Waals surface area (Å²) in [5.41, 5.74) is 0.104. The van der Waals surface area contributed by atoms with Crippen molar-refractivity contribution >= 4 is 23.2 Å². The monoisotopic (exact) mass is 338 g/mol. The first-order valence-corrected chi connectivity index (χ1v) is 7.16. The molecule has 0 saturated heterocycles. The number of benzene rings is 2. The fourth-order valence-electron chi connectivity index (χ4n) is 1.84. The zero-order chi connectivity index (χ0) is 17.9. The first kappa shape index (κ1) is 17.7. The maximum Gasteiger partial charge on any atom is 0.412 e. The molecule has 0 unspecified atom stereocenters. The molecular formula is C17H17F3N2O2. The van der Waals surface area contributed by atoms with Gasteiger partial charge in [0.05, 0.1) is 5.69 Å². The lowest BCUT2D eigenvalue weighted by Gasteiger charge is -2.19. The van der Waals surface area contributed by atoms with Crippen molar-refractivity contribution in [1.82, 2.24) is 0 Å². The zero-order valence-electron chi connectivity index (χ0n) is 13.4. The van der Waals surface area contributed by atoms with Crippen molar-refractivity contribution in [2.24, 2.45) is 0 Å². The molecule has 0 aliphatic rings. The summed E-state index contributed by atoms with van der Waals surface area (Å²) < 4.78 is 44.8. The number of hydrogen-bond donors (Lipinski definition) is 2. The van der Waals surface area contributed by atoms with E-state index in [4.69, 9.17) is 4.74 Å². The van der Waals surface area contributed by atoms with Crippen LogP contribution in [0.25, 0.3) is 0 Å². The Morgan fingerprint density at radius 2 is 1.50 bits per heavy atom. The molecule has 0 radical (unpaired) electrons. The Kier molecular flexibility index (Phi) is 5.02. The topological polar surface area (TPSA) is 50.4 Å². The van der Waals surface area contributed by atoms with Crippen molar-refractivity contribution in [3.05, 3.63) is 53.8 Å². The number of rotatable bonds is 3. The maximum absolute atomic E-state index is 13.6. The zero-order valence-corrected chi connectivity index (χ0v) is 13.4. The van der Waals surface area contributed by atoms with Crippen molar-refractivity contribution in [1.29, 1.82) is 0 Å². The minimum absolute atomic E-state index is 0.193. The minimum Gasteiger partial charge on any atom is -0.444 e. The number of carbonyl (C=O) groups excluding carboxylic acids is 1. The summed E-state index contributed by atoms with van der Waals surface area (Å²) in [4.78, 5) is 11.6. The van der Waals surface area contributed by atoms with E-state index in [9.17, 15) is 18.0 Å². The van der Waals surface area contributed by atoms with Gasteiger partial charge >= 0.3 is 6.09 Å². The summed E-state index contributed by atoms with van der Waals surface area (Å²) >= 11 is 0. The molecule has 7 heteroatoms. The Bertz CT molecular complexity index is 741. The molecule has 2 aromatic rings. The second-order valence-electron chi connectivity index (χ2n) is 6.05. The molecular weight excluding hydrogens is 321 g/mol. The van der Waals surface area contributed by atoms with E-state index in [1.807, 2.05) is 0 Å². The number of hydrogen-bond acceptors (Lipinski definition) is 3. The van der Waals surface area contributed by atoms with Crippen LogP contribution in [0, 0.1) is 17.5 Å². The molecule has 0 bridgehead atoms. The van der Waals surface area contributed by atoms with E-state index in [0.717, 1.165) is 12.1 Å². The summed E-state index contributed by atoms with van der Waals surface area (Å²) in [5, 5.41) is 5.18. The number of nitrogens with one attached hydrogen (secondary N) is 2. The quantitative estimate of drug-likeness (QED) is 0.757. The van der Waals surface area contributed by atoms with Gasteiger partial charge in [-0.2, -0.15) is 0 Å². The lowest BCUT2D eigenvalue weighted by Crippen LogP contribution is -2.27. The van der Waals surface area contributed by atoms with Gasteiger partial charge in [-0.05, 0) is 57.2 Å². The van der Waals surface area contributed by atoms with E-state index in [-0.39, 0.29) is 5.69 Å². The van der Waals surface area contributed by atoms with Gasteiger partial charge in [0.1, 0.15) is 5.60 Å². The molecule has 4 nitrogen and oxygen atoms in total. The summed E-state index contributed by atoms with van der Waals surface area (Å²) in [6, 6.07) is 8.15.